The first-order valence-corrected chi connectivity index (χ1v) is 5.83. The van der Waals surface area contributed by atoms with Crippen molar-refractivity contribution in [1.82, 2.24) is 5.32 Å². The molecule has 0 unspecified atom stereocenters. The molecular formula is C11H11BrF3NO2. The van der Waals surface area contributed by atoms with Gasteiger partial charge in [-0.2, -0.15) is 13.2 Å². The Morgan fingerprint density at radius 2 is 2.06 bits per heavy atom. The predicted octanol–water partition coefficient (Wildman–Crippen LogP) is 3.80. The van der Waals surface area contributed by atoms with Gasteiger partial charge in [-0.1, -0.05) is 34.1 Å². The van der Waals surface area contributed by atoms with E-state index in [9.17, 15) is 18.0 Å². The van der Waals surface area contributed by atoms with Crippen LogP contribution in [0, 0.1) is 0 Å². The number of nitrogens with one attached hydrogen (secondary N) is 1. The van der Waals surface area contributed by atoms with Gasteiger partial charge in [0.05, 0.1) is 6.04 Å². The molecule has 7 heteroatoms. The number of carbonyl (C=O) groups excluding carboxylic acids is 1. The lowest BCUT2D eigenvalue weighted by molar-refractivity contribution is -0.160. The van der Waals surface area contributed by atoms with Gasteiger partial charge in [0, 0.05) is 4.47 Å². The maximum absolute atomic E-state index is 11.8. The Morgan fingerprint density at radius 3 is 2.61 bits per heavy atom. The highest BCUT2D eigenvalue weighted by Gasteiger charge is 2.29. The van der Waals surface area contributed by atoms with Crippen molar-refractivity contribution in [1.29, 1.82) is 0 Å². The third-order valence-electron chi connectivity index (χ3n) is 2.07. The second kappa shape index (κ2) is 6.08. The van der Waals surface area contributed by atoms with Crippen LogP contribution < -0.4 is 5.32 Å². The topological polar surface area (TPSA) is 38.3 Å². The summed E-state index contributed by atoms with van der Waals surface area (Å²) in [6.07, 6.45) is -5.62. The van der Waals surface area contributed by atoms with Gasteiger partial charge in [0.1, 0.15) is 0 Å². The molecular weight excluding hydrogens is 315 g/mol. The van der Waals surface area contributed by atoms with Crippen molar-refractivity contribution in [3.63, 3.8) is 0 Å². The minimum absolute atomic E-state index is 0.457. The lowest BCUT2D eigenvalue weighted by atomic mass is 10.1. The van der Waals surface area contributed by atoms with Crippen LogP contribution in [-0.4, -0.2) is 18.9 Å². The van der Waals surface area contributed by atoms with Crippen molar-refractivity contribution < 1.29 is 22.7 Å². The summed E-state index contributed by atoms with van der Waals surface area (Å²) >= 11 is 3.29. The smallest absolute Gasteiger partial charge is 0.422 e. The summed E-state index contributed by atoms with van der Waals surface area (Å²) in [5.74, 6) is 0. The van der Waals surface area contributed by atoms with Crippen LogP contribution >= 0.6 is 15.9 Å². The van der Waals surface area contributed by atoms with Crippen molar-refractivity contribution in [2.45, 2.75) is 19.1 Å². The molecule has 1 N–H and O–H groups in total. The molecule has 0 saturated heterocycles. The number of carbonyl (C=O) groups is 1. The fraction of sp³-hybridized carbons (Fsp3) is 0.364. The number of alkyl halides is 3. The van der Waals surface area contributed by atoms with Gasteiger partial charge in [-0.15, -0.1) is 0 Å². The average molecular weight is 326 g/mol. The lowest BCUT2D eigenvalue weighted by Gasteiger charge is -2.16. The van der Waals surface area contributed by atoms with Crippen molar-refractivity contribution in [2.24, 2.45) is 0 Å². The number of rotatable bonds is 3. The second-order valence-electron chi connectivity index (χ2n) is 3.58. The number of hydrogen-bond acceptors (Lipinski definition) is 2. The summed E-state index contributed by atoms with van der Waals surface area (Å²) < 4.78 is 40.3. The highest BCUT2D eigenvalue weighted by atomic mass is 79.9. The predicted molar refractivity (Wildman–Crippen MR) is 63.1 cm³/mol. The molecule has 1 aromatic carbocycles. The molecule has 1 aromatic rings. The summed E-state index contributed by atoms with van der Waals surface area (Å²) in [6.45, 7) is 0.0520. The number of ether oxygens (including phenoxy) is 1. The normalized spacial score (nSPS) is 12.9. The Kier molecular flexibility index (Phi) is 5.01. The first kappa shape index (κ1) is 14.8. The van der Waals surface area contributed by atoms with Crippen molar-refractivity contribution in [3.05, 3.63) is 34.3 Å². The zero-order valence-corrected chi connectivity index (χ0v) is 11.0. The van der Waals surface area contributed by atoms with Crippen LogP contribution in [0.25, 0.3) is 0 Å². The molecule has 0 aromatic heterocycles. The Balaban J connectivity index is 2.53. The van der Waals surface area contributed by atoms with Crippen molar-refractivity contribution in [2.75, 3.05) is 6.61 Å². The monoisotopic (exact) mass is 325 g/mol. The van der Waals surface area contributed by atoms with E-state index in [1.807, 2.05) is 0 Å². The van der Waals surface area contributed by atoms with Crippen LogP contribution in [0.15, 0.2) is 28.7 Å². The number of halogens is 4. The molecule has 0 fully saturated rings. The first-order valence-electron chi connectivity index (χ1n) is 5.04. The Labute approximate surface area is 110 Å². The molecule has 1 atom stereocenters. The number of benzene rings is 1. The molecule has 100 valence electrons. The van der Waals surface area contributed by atoms with Gasteiger partial charge < -0.3 is 10.1 Å². The van der Waals surface area contributed by atoms with E-state index < -0.39 is 24.9 Å². The fourth-order valence-electron chi connectivity index (χ4n) is 1.27. The van der Waals surface area contributed by atoms with Gasteiger partial charge >= 0.3 is 12.3 Å². The SMILES string of the molecule is C[C@@H](NC(=O)OCC(F)(F)F)c1ccccc1Br. The second-order valence-corrected chi connectivity index (χ2v) is 4.43. The molecule has 18 heavy (non-hydrogen) atoms. The molecule has 0 spiro atoms. The summed E-state index contributed by atoms with van der Waals surface area (Å²) in [7, 11) is 0. The maximum atomic E-state index is 11.8. The van der Waals surface area contributed by atoms with Crippen LogP contribution in [0.3, 0.4) is 0 Å². The Bertz CT molecular complexity index is 423. The van der Waals surface area contributed by atoms with Gasteiger partial charge in [0.15, 0.2) is 6.61 Å². The summed E-state index contributed by atoms with van der Waals surface area (Å²) in [5, 5.41) is 2.32. The molecule has 0 aliphatic carbocycles. The molecule has 0 aliphatic heterocycles. The van der Waals surface area contributed by atoms with Crippen LogP contribution in [0.2, 0.25) is 0 Å². The van der Waals surface area contributed by atoms with Gasteiger partial charge in [-0.05, 0) is 18.6 Å². The minimum Gasteiger partial charge on any atom is -0.440 e. The van der Waals surface area contributed by atoms with E-state index in [2.05, 4.69) is 26.0 Å². The van der Waals surface area contributed by atoms with E-state index in [-0.39, 0.29) is 0 Å². The van der Waals surface area contributed by atoms with Gasteiger partial charge in [-0.3, -0.25) is 0 Å². The molecule has 3 nitrogen and oxygen atoms in total. The quantitative estimate of drug-likeness (QED) is 0.918. The third kappa shape index (κ3) is 4.95. The Morgan fingerprint density at radius 1 is 1.44 bits per heavy atom. The molecule has 0 saturated carbocycles. The first-order chi connectivity index (χ1) is 8.29. The summed E-state index contributed by atoms with van der Waals surface area (Å²) in [6, 6.07) is 6.62. The van der Waals surface area contributed by atoms with E-state index in [0.717, 1.165) is 10.0 Å². The average Bonchev–Trinajstić information content (AvgIpc) is 2.26. The van der Waals surface area contributed by atoms with E-state index in [1.54, 1.807) is 31.2 Å². The van der Waals surface area contributed by atoms with E-state index in [0.29, 0.717) is 0 Å². The molecule has 0 heterocycles. The largest absolute Gasteiger partial charge is 0.440 e. The van der Waals surface area contributed by atoms with E-state index >= 15 is 0 Å². The summed E-state index contributed by atoms with van der Waals surface area (Å²) in [4.78, 5) is 11.1. The van der Waals surface area contributed by atoms with E-state index in [4.69, 9.17) is 0 Å². The maximum Gasteiger partial charge on any atom is 0.422 e. The number of amides is 1. The number of hydrogen-bond donors (Lipinski definition) is 1. The Hall–Kier alpha value is -1.24. The highest BCUT2D eigenvalue weighted by molar-refractivity contribution is 9.10. The highest BCUT2D eigenvalue weighted by Crippen LogP contribution is 2.22. The van der Waals surface area contributed by atoms with Crippen LogP contribution in [0.1, 0.15) is 18.5 Å². The fourth-order valence-corrected chi connectivity index (χ4v) is 1.90. The zero-order valence-electron chi connectivity index (χ0n) is 9.42. The standard InChI is InChI=1S/C11H11BrF3NO2/c1-7(8-4-2-3-5-9(8)12)16-10(17)18-6-11(13,14)15/h2-5,7H,6H2,1H3,(H,16,17)/t7-/m1/s1. The van der Waals surface area contributed by atoms with E-state index in [1.165, 1.54) is 0 Å². The molecule has 0 aliphatic rings. The molecule has 1 rings (SSSR count). The van der Waals surface area contributed by atoms with Gasteiger partial charge in [-0.25, -0.2) is 4.79 Å². The van der Waals surface area contributed by atoms with Crippen LogP contribution in [-0.2, 0) is 4.74 Å². The zero-order chi connectivity index (χ0) is 13.8. The molecule has 0 radical (unpaired) electrons. The number of alkyl carbamates (subject to hydrolysis) is 1. The van der Waals surface area contributed by atoms with Gasteiger partial charge in [0.25, 0.3) is 0 Å². The van der Waals surface area contributed by atoms with Crippen molar-refractivity contribution in [3.8, 4) is 0 Å². The lowest BCUT2D eigenvalue weighted by Crippen LogP contribution is -2.31. The molecule has 1 amide bonds. The minimum atomic E-state index is -4.52. The summed E-state index contributed by atoms with van der Waals surface area (Å²) in [5.41, 5.74) is 0.751. The van der Waals surface area contributed by atoms with Crippen LogP contribution in [0.4, 0.5) is 18.0 Å². The molecule has 0 bridgehead atoms. The van der Waals surface area contributed by atoms with Gasteiger partial charge in [0.2, 0.25) is 0 Å². The van der Waals surface area contributed by atoms with Crippen molar-refractivity contribution >= 4 is 22.0 Å². The van der Waals surface area contributed by atoms with Crippen LogP contribution in [0.5, 0.6) is 0 Å². The third-order valence-corrected chi connectivity index (χ3v) is 2.80.